The predicted molar refractivity (Wildman–Crippen MR) is 80.8 cm³/mol. The number of halogens is 1. The van der Waals surface area contributed by atoms with E-state index in [2.05, 4.69) is 5.32 Å². The van der Waals surface area contributed by atoms with Gasteiger partial charge in [-0.25, -0.2) is 4.39 Å². The number of hydrogen-bond acceptors (Lipinski definition) is 3. The van der Waals surface area contributed by atoms with Crippen LogP contribution in [0.2, 0.25) is 0 Å². The van der Waals surface area contributed by atoms with E-state index in [-0.39, 0.29) is 12.4 Å². The number of ether oxygens (including phenoxy) is 1. The third kappa shape index (κ3) is 5.53. The topological polar surface area (TPSA) is 41.5 Å². The molecule has 0 unspecified atom stereocenters. The molecule has 0 aliphatic carbocycles. The molecule has 0 spiro atoms. The Bertz CT molecular complexity index is 540. The number of aliphatic hydroxyl groups is 1. The maximum absolute atomic E-state index is 12.7. The molecule has 0 radical (unpaired) electrons. The van der Waals surface area contributed by atoms with Crippen LogP contribution in [0.4, 0.5) is 4.39 Å². The maximum Gasteiger partial charge on any atom is 0.123 e. The Labute approximate surface area is 124 Å². The quantitative estimate of drug-likeness (QED) is 0.823. The van der Waals surface area contributed by atoms with Crippen LogP contribution >= 0.6 is 0 Å². The molecule has 2 rings (SSSR count). The second-order valence-electron chi connectivity index (χ2n) is 5.04. The molecule has 2 N–H and O–H groups in total. The highest BCUT2D eigenvalue weighted by molar-refractivity contribution is 5.26. The molecule has 0 aliphatic rings. The minimum atomic E-state index is -0.591. The van der Waals surface area contributed by atoms with Gasteiger partial charge in [0, 0.05) is 13.1 Å². The normalized spacial score (nSPS) is 12.1. The molecule has 4 heteroatoms. The molecule has 112 valence electrons. The number of aliphatic hydroxyl groups excluding tert-OH is 1. The molecule has 0 aliphatic heterocycles. The average molecular weight is 289 g/mol. The van der Waals surface area contributed by atoms with Gasteiger partial charge >= 0.3 is 0 Å². The van der Waals surface area contributed by atoms with Crippen LogP contribution in [0.3, 0.4) is 0 Å². The van der Waals surface area contributed by atoms with Gasteiger partial charge < -0.3 is 15.2 Å². The average Bonchev–Trinajstić information content (AvgIpc) is 2.49. The largest absolute Gasteiger partial charge is 0.491 e. The van der Waals surface area contributed by atoms with Crippen molar-refractivity contribution in [2.24, 2.45) is 0 Å². The van der Waals surface area contributed by atoms with Crippen LogP contribution in [0, 0.1) is 12.7 Å². The van der Waals surface area contributed by atoms with Gasteiger partial charge in [-0.2, -0.15) is 0 Å². The maximum atomic E-state index is 12.7. The summed E-state index contributed by atoms with van der Waals surface area (Å²) in [6.07, 6.45) is -0.591. The highest BCUT2D eigenvalue weighted by Gasteiger charge is 2.05. The third-order valence-corrected chi connectivity index (χ3v) is 3.09. The van der Waals surface area contributed by atoms with Gasteiger partial charge in [0.15, 0.2) is 0 Å². The Balaban J connectivity index is 1.66. The Kier molecular flexibility index (Phi) is 5.72. The summed E-state index contributed by atoms with van der Waals surface area (Å²) in [5.41, 5.74) is 2.15. The zero-order valence-electron chi connectivity index (χ0n) is 12.1. The molecular formula is C17H20FNO2. The van der Waals surface area contributed by atoms with Crippen molar-refractivity contribution in [3.05, 3.63) is 65.5 Å². The van der Waals surface area contributed by atoms with Crippen molar-refractivity contribution in [3.63, 3.8) is 0 Å². The molecule has 1 atom stereocenters. The van der Waals surface area contributed by atoms with E-state index >= 15 is 0 Å². The summed E-state index contributed by atoms with van der Waals surface area (Å²) in [5.74, 6) is 0.503. The molecule has 2 aromatic rings. The molecule has 0 saturated heterocycles. The molecule has 0 amide bonds. The van der Waals surface area contributed by atoms with Crippen molar-refractivity contribution in [3.8, 4) is 5.75 Å². The van der Waals surface area contributed by atoms with E-state index in [4.69, 9.17) is 4.74 Å². The molecule has 0 fully saturated rings. The lowest BCUT2D eigenvalue weighted by molar-refractivity contribution is 0.106. The standard InChI is InChI=1S/C17H20FNO2/c1-13-2-8-17(9-3-13)21-12-16(20)11-19-10-14-4-6-15(18)7-5-14/h2-9,16,19-20H,10-12H2,1H3/t16-/m1/s1. The monoisotopic (exact) mass is 289 g/mol. The van der Waals surface area contributed by atoms with Gasteiger partial charge in [0.2, 0.25) is 0 Å². The van der Waals surface area contributed by atoms with Crippen LogP contribution in [0.1, 0.15) is 11.1 Å². The van der Waals surface area contributed by atoms with Gasteiger partial charge in [-0.1, -0.05) is 29.8 Å². The van der Waals surface area contributed by atoms with Crippen molar-refractivity contribution < 1.29 is 14.2 Å². The zero-order chi connectivity index (χ0) is 15.1. The molecule has 0 bridgehead atoms. The Morgan fingerprint density at radius 3 is 2.43 bits per heavy atom. The van der Waals surface area contributed by atoms with E-state index in [0.717, 1.165) is 11.3 Å². The second kappa shape index (κ2) is 7.76. The summed E-state index contributed by atoms with van der Waals surface area (Å²) < 4.78 is 18.2. The summed E-state index contributed by atoms with van der Waals surface area (Å²) in [7, 11) is 0. The van der Waals surface area contributed by atoms with Crippen LogP contribution in [-0.2, 0) is 6.54 Å². The second-order valence-corrected chi connectivity index (χ2v) is 5.04. The molecule has 0 heterocycles. The summed E-state index contributed by atoms with van der Waals surface area (Å²) in [6.45, 7) is 3.25. The van der Waals surface area contributed by atoms with E-state index in [1.165, 1.54) is 17.7 Å². The Hall–Kier alpha value is -1.91. The smallest absolute Gasteiger partial charge is 0.123 e. The van der Waals surface area contributed by atoms with E-state index in [0.29, 0.717) is 13.1 Å². The first kappa shape index (κ1) is 15.5. The minimum absolute atomic E-state index is 0.236. The van der Waals surface area contributed by atoms with Crippen molar-refractivity contribution in [1.29, 1.82) is 0 Å². The van der Waals surface area contributed by atoms with Crippen LogP contribution in [0.15, 0.2) is 48.5 Å². The zero-order valence-corrected chi connectivity index (χ0v) is 12.1. The first-order valence-electron chi connectivity index (χ1n) is 6.96. The molecule has 0 saturated carbocycles. The van der Waals surface area contributed by atoms with E-state index in [1.54, 1.807) is 12.1 Å². The first-order valence-corrected chi connectivity index (χ1v) is 6.96. The van der Waals surface area contributed by atoms with Gasteiger partial charge in [0.1, 0.15) is 24.3 Å². The summed E-state index contributed by atoms with van der Waals surface area (Å²) >= 11 is 0. The SMILES string of the molecule is Cc1ccc(OC[C@H](O)CNCc2ccc(F)cc2)cc1. The number of rotatable bonds is 7. The fraction of sp³-hybridized carbons (Fsp3) is 0.294. The van der Waals surface area contributed by atoms with Gasteiger partial charge in [-0.05, 0) is 36.8 Å². The number of aryl methyl sites for hydroxylation is 1. The fourth-order valence-electron chi connectivity index (χ4n) is 1.87. The highest BCUT2D eigenvalue weighted by Crippen LogP contribution is 2.11. The summed E-state index contributed by atoms with van der Waals surface area (Å²) in [6, 6.07) is 14.0. The van der Waals surface area contributed by atoms with E-state index in [9.17, 15) is 9.50 Å². The minimum Gasteiger partial charge on any atom is -0.491 e. The molecule has 21 heavy (non-hydrogen) atoms. The molecule has 0 aromatic heterocycles. The van der Waals surface area contributed by atoms with Crippen molar-refractivity contribution in [2.45, 2.75) is 19.6 Å². The lowest BCUT2D eigenvalue weighted by Gasteiger charge is -2.13. The van der Waals surface area contributed by atoms with Gasteiger partial charge in [0.25, 0.3) is 0 Å². The fourth-order valence-corrected chi connectivity index (χ4v) is 1.87. The third-order valence-electron chi connectivity index (χ3n) is 3.09. The molecular weight excluding hydrogens is 269 g/mol. The number of hydrogen-bond donors (Lipinski definition) is 2. The van der Waals surface area contributed by atoms with Crippen LogP contribution in [0.5, 0.6) is 5.75 Å². The Morgan fingerprint density at radius 2 is 1.76 bits per heavy atom. The van der Waals surface area contributed by atoms with Gasteiger partial charge in [-0.3, -0.25) is 0 Å². The lowest BCUT2D eigenvalue weighted by atomic mass is 10.2. The van der Waals surface area contributed by atoms with Crippen LogP contribution in [-0.4, -0.2) is 24.4 Å². The van der Waals surface area contributed by atoms with Crippen molar-refractivity contribution in [1.82, 2.24) is 5.32 Å². The number of nitrogens with one attached hydrogen (secondary N) is 1. The van der Waals surface area contributed by atoms with Gasteiger partial charge in [0.05, 0.1) is 0 Å². The first-order chi connectivity index (χ1) is 10.1. The van der Waals surface area contributed by atoms with Gasteiger partial charge in [-0.15, -0.1) is 0 Å². The predicted octanol–water partition coefficient (Wildman–Crippen LogP) is 2.66. The van der Waals surface area contributed by atoms with E-state index in [1.807, 2.05) is 31.2 Å². The Morgan fingerprint density at radius 1 is 1.10 bits per heavy atom. The number of benzene rings is 2. The summed E-state index contributed by atoms with van der Waals surface area (Å²) in [4.78, 5) is 0. The van der Waals surface area contributed by atoms with Crippen molar-refractivity contribution >= 4 is 0 Å². The van der Waals surface area contributed by atoms with Crippen molar-refractivity contribution in [2.75, 3.05) is 13.2 Å². The summed E-state index contributed by atoms with van der Waals surface area (Å²) in [5, 5.41) is 13.0. The van der Waals surface area contributed by atoms with E-state index < -0.39 is 6.10 Å². The lowest BCUT2D eigenvalue weighted by Crippen LogP contribution is -2.31. The highest BCUT2D eigenvalue weighted by atomic mass is 19.1. The van der Waals surface area contributed by atoms with Crippen LogP contribution < -0.4 is 10.1 Å². The van der Waals surface area contributed by atoms with Crippen LogP contribution in [0.25, 0.3) is 0 Å². The molecule has 2 aromatic carbocycles. The molecule has 3 nitrogen and oxygen atoms in total.